The van der Waals surface area contributed by atoms with Gasteiger partial charge in [-0.25, -0.2) is 0 Å². The van der Waals surface area contributed by atoms with Gasteiger partial charge >= 0.3 is 0 Å². The molecule has 1 amide bonds. The number of rotatable bonds is 2. The Balaban J connectivity index is 1.92. The fraction of sp³-hybridized carbons (Fsp3) is 0.500. The molecule has 1 aromatic heterocycles. The van der Waals surface area contributed by atoms with Gasteiger partial charge in [-0.15, -0.1) is 11.3 Å². The van der Waals surface area contributed by atoms with E-state index in [0.717, 1.165) is 12.8 Å². The highest BCUT2D eigenvalue weighted by Crippen LogP contribution is 2.15. The van der Waals surface area contributed by atoms with E-state index in [1.54, 1.807) is 11.3 Å². The van der Waals surface area contributed by atoms with Crippen LogP contribution in [-0.2, 0) is 11.2 Å². The predicted molar refractivity (Wildman–Crippen MR) is 47.0 cm³/mol. The molecular weight excluding hydrogens is 172 g/mol. The highest BCUT2D eigenvalue weighted by molar-refractivity contribution is 7.09. The molecule has 0 radical (unpaired) electrons. The van der Waals surface area contributed by atoms with Gasteiger partial charge in [0.25, 0.3) is 0 Å². The van der Waals surface area contributed by atoms with Crippen molar-refractivity contribution >= 4 is 17.2 Å². The first-order valence-electron chi connectivity index (χ1n) is 4.01. The molecule has 64 valence electrons. The minimum atomic E-state index is 0.185. The molecule has 1 saturated heterocycles. The van der Waals surface area contributed by atoms with E-state index in [1.807, 2.05) is 11.7 Å². The van der Waals surface area contributed by atoms with Gasteiger partial charge in [0.05, 0.1) is 5.51 Å². The van der Waals surface area contributed by atoms with Gasteiger partial charge in [0.2, 0.25) is 5.91 Å². The lowest BCUT2D eigenvalue weighted by atomic mass is 10.1. The molecule has 2 rings (SSSR count). The first kappa shape index (κ1) is 7.73. The monoisotopic (exact) mass is 182 g/mol. The fourth-order valence-electron chi connectivity index (χ4n) is 1.42. The maximum absolute atomic E-state index is 10.9. The smallest absolute Gasteiger partial charge is 0.220 e. The summed E-state index contributed by atoms with van der Waals surface area (Å²) in [5.74, 6) is 0.185. The Morgan fingerprint density at radius 1 is 1.75 bits per heavy atom. The van der Waals surface area contributed by atoms with Crippen molar-refractivity contribution in [3.8, 4) is 0 Å². The van der Waals surface area contributed by atoms with Crippen LogP contribution in [0.1, 0.15) is 17.7 Å². The van der Waals surface area contributed by atoms with Crippen molar-refractivity contribution in [1.29, 1.82) is 0 Å². The van der Waals surface area contributed by atoms with Crippen LogP contribution >= 0.6 is 11.3 Å². The second kappa shape index (κ2) is 3.23. The van der Waals surface area contributed by atoms with Gasteiger partial charge in [-0.1, -0.05) is 0 Å². The van der Waals surface area contributed by atoms with E-state index < -0.39 is 0 Å². The molecular formula is C8H10N2OS. The number of aromatic nitrogens is 1. The molecule has 4 heteroatoms. The van der Waals surface area contributed by atoms with Gasteiger partial charge < -0.3 is 5.32 Å². The molecule has 2 heterocycles. The van der Waals surface area contributed by atoms with Crippen molar-refractivity contribution in [2.24, 2.45) is 0 Å². The number of thiazole rings is 1. The van der Waals surface area contributed by atoms with Crippen molar-refractivity contribution < 1.29 is 4.79 Å². The standard InChI is InChI=1S/C8H10N2OS/c11-8-2-1-6(10-8)3-7-4-9-5-12-7/h4-6H,1-3H2,(H,10,11). The predicted octanol–water partition coefficient (Wildman–Crippen LogP) is 0.964. The van der Waals surface area contributed by atoms with E-state index in [2.05, 4.69) is 10.3 Å². The third-order valence-corrected chi connectivity index (χ3v) is 2.82. The third kappa shape index (κ3) is 1.64. The quantitative estimate of drug-likeness (QED) is 0.740. The normalized spacial score (nSPS) is 22.7. The van der Waals surface area contributed by atoms with Crippen molar-refractivity contribution in [3.05, 3.63) is 16.6 Å². The molecule has 1 aromatic rings. The number of hydrogen-bond donors (Lipinski definition) is 1. The molecule has 1 aliphatic rings. The maximum atomic E-state index is 10.9. The number of hydrogen-bond acceptors (Lipinski definition) is 3. The molecule has 1 N–H and O–H groups in total. The molecule has 12 heavy (non-hydrogen) atoms. The lowest BCUT2D eigenvalue weighted by Crippen LogP contribution is -2.26. The summed E-state index contributed by atoms with van der Waals surface area (Å²) in [6, 6.07) is 0.345. The summed E-state index contributed by atoms with van der Waals surface area (Å²) in [6.07, 6.45) is 4.46. The molecule has 0 aromatic carbocycles. The van der Waals surface area contributed by atoms with Crippen LogP contribution in [0.5, 0.6) is 0 Å². The first-order valence-corrected chi connectivity index (χ1v) is 4.89. The second-order valence-electron chi connectivity index (χ2n) is 2.97. The lowest BCUT2D eigenvalue weighted by molar-refractivity contribution is -0.119. The van der Waals surface area contributed by atoms with E-state index in [4.69, 9.17) is 0 Å². The van der Waals surface area contributed by atoms with Gasteiger partial charge in [-0.2, -0.15) is 0 Å². The lowest BCUT2D eigenvalue weighted by Gasteiger charge is -2.06. The van der Waals surface area contributed by atoms with Crippen LogP contribution in [0, 0.1) is 0 Å². The topological polar surface area (TPSA) is 42.0 Å². The highest BCUT2D eigenvalue weighted by atomic mass is 32.1. The molecule has 3 nitrogen and oxygen atoms in total. The Hall–Kier alpha value is -0.900. The van der Waals surface area contributed by atoms with Crippen molar-refractivity contribution in [2.45, 2.75) is 25.3 Å². The van der Waals surface area contributed by atoms with E-state index >= 15 is 0 Å². The zero-order valence-corrected chi connectivity index (χ0v) is 7.43. The number of amides is 1. The van der Waals surface area contributed by atoms with Crippen LogP contribution in [-0.4, -0.2) is 16.9 Å². The van der Waals surface area contributed by atoms with E-state index in [9.17, 15) is 4.79 Å². The molecule has 1 atom stereocenters. The summed E-state index contributed by atoms with van der Waals surface area (Å²) in [5, 5.41) is 2.93. The molecule has 0 saturated carbocycles. The second-order valence-corrected chi connectivity index (χ2v) is 3.95. The largest absolute Gasteiger partial charge is 0.353 e. The Bertz CT molecular complexity index is 271. The van der Waals surface area contributed by atoms with E-state index in [0.29, 0.717) is 12.5 Å². The minimum Gasteiger partial charge on any atom is -0.353 e. The molecule has 1 aliphatic heterocycles. The summed E-state index contributed by atoms with van der Waals surface area (Å²) in [4.78, 5) is 16.1. The molecule has 0 bridgehead atoms. The summed E-state index contributed by atoms with van der Waals surface area (Å²) < 4.78 is 0. The Labute approximate surface area is 74.8 Å². The summed E-state index contributed by atoms with van der Waals surface area (Å²) >= 11 is 1.65. The average Bonchev–Trinajstić information content (AvgIpc) is 2.63. The molecule has 0 aliphatic carbocycles. The Kier molecular flexibility index (Phi) is 2.08. The molecule has 1 fully saturated rings. The van der Waals surface area contributed by atoms with Gasteiger partial charge in [-0.05, 0) is 6.42 Å². The van der Waals surface area contributed by atoms with Crippen LogP contribution in [0.4, 0.5) is 0 Å². The number of nitrogens with one attached hydrogen (secondary N) is 1. The number of carbonyl (C=O) groups is 1. The van der Waals surface area contributed by atoms with Crippen molar-refractivity contribution in [3.63, 3.8) is 0 Å². The van der Waals surface area contributed by atoms with Crippen molar-refractivity contribution in [1.82, 2.24) is 10.3 Å². The van der Waals surface area contributed by atoms with Gasteiger partial charge in [0.1, 0.15) is 0 Å². The molecule has 1 unspecified atom stereocenters. The minimum absolute atomic E-state index is 0.185. The number of nitrogens with zero attached hydrogens (tertiary/aromatic N) is 1. The van der Waals surface area contributed by atoms with Crippen LogP contribution in [0.3, 0.4) is 0 Å². The van der Waals surface area contributed by atoms with Gasteiger partial charge in [-0.3, -0.25) is 9.78 Å². The molecule has 0 spiro atoms. The van der Waals surface area contributed by atoms with Gasteiger partial charge in [0, 0.05) is 30.0 Å². The van der Waals surface area contributed by atoms with Crippen LogP contribution in [0.25, 0.3) is 0 Å². The van der Waals surface area contributed by atoms with Crippen LogP contribution < -0.4 is 5.32 Å². The summed E-state index contributed by atoms with van der Waals surface area (Å²) in [6.45, 7) is 0. The van der Waals surface area contributed by atoms with Crippen molar-refractivity contribution in [2.75, 3.05) is 0 Å². The zero-order valence-electron chi connectivity index (χ0n) is 6.62. The SMILES string of the molecule is O=C1CCC(Cc2cncs2)N1. The summed E-state index contributed by atoms with van der Waals surface area (Å²) in [7, 11) is 0. The maximum Gasteiger partial charge on any atom is 0.220 e. The Morgan fingerprint density at radius 2 is 2.67 bits per heavy atom. The Morgan fingerprint density at radius 3 is 3.25 bits per heavy atom. The van der Waals surface area contributed by atoms with E-state index in [1.165, 1.54) is 4.88 Å². The first-order chi connectivity index (χ1) is 5.84. The highest BCUT2D eigenvalue weighted by Gasteiger charge is 2.20. The fourth-order valence-corrected chi connectivity index (χ4v) is 2.09. The van der Waals surface area contributed by atoms with Gasteiger partial charge in [0.15, 0.2) is 0 Å². The third-order valence-electron chi connectivity index (χ3n) is 2.02. The number of carbonyl (C=O) groups excluding carboxylic acids is 1. The summed E-state index contributed by atoms with van der Waals surface area (Å²) in [5.41, 5.74) is 1.83. The van der Waals surface area contributed by atoms with E-state index in [-0.39, 0.29) is 5.91 Å². The zero-order chi connectivity index (χ0) is 8.39. The van der Waals surface area contributed by atoms with Crippen LogP contribution in [0.2, 0.25) is 0 Å². The van der Waals surface area contributed by atoms with Crippen LogP contribution in [0.15, 0.2) is 11.7 Å². The average molecular weight is 182 g/mol.